The number of aliphatic hydroxyl groups is 1. The number of aliphatic hydroxyl groups excluding tert-OH is 1. The lowest BCUT2D eigenvalue weighted by atomic mass is 9.92. The number of ether oxygens (including phenoxy) is 1. The Labute approximate surface area is 166 Å². The second-order valence-corrected chi connectivity index (χ2v) is 7.87. The van der Waals surface area contributed by atoms with Crippen molar-refractivity contribution < 1.29 is 9.84 Å². The highest BCUT2D eigenvalue weighted by molar-refractivity contribution is 5.80. The van der Waals surface area contributed by atoms with E-state index in [1.807, 2.05) is 29.1 Å². The highest BCUT2D eigenvalue weighted by atomic mass is 16.5. The van der Waals surface area contributed by atoms with Crippen LogP contribution in [0.3, 0.4) is 0 Å². The molecular weight excluding hydrogens is 348 g/mol. The van der Waals surface area contributed by atoms with Crippen LogP contribution in [-0.4, -0.2) is 14.9 Å². The van der Waals surface area contributed by atoms with Crippen LogP contribution in [0.2, 0.25) is 0 Å². The van der Waals surface area contributed by atoms with Gasteiger partial charge in [0, 0.05) is 18.4 Å². The summed E-state index contributed by atoms with van der Waals surface area (Å²) >= 11 is 0. The number of aryl methyl sites for hydroxylation is 2. The summed E-state index contributed by atoms with van der Waals surface area (Å²) < 4.78 is 7.92. The van der Waals surface area contributed by atoms with Gasteiger partial charge >= 0.3 is 0 Å². The maximum atomic E-state index is 9.29. The molecule has 3 aromatic rings. The number of nitrogens with zero attached hydrogens (tertiary/aromatic N) is 2. The predicted molar refractivity (Wildman–Crippen MR) is 113 cm³/mol. The second-order valence-electron chi connectivity index (χ2n) is 7.87. The Balaban J connectivity index is 1.42. The Morgan fingerprint density at radius 3 is 2.79 bits per heavy atom. The van der Waals surface area contributed by atoms with Gasteiger partial charge in [0.2, 0.25) is 0 Å². The average molecular weight is 377 g/mol. The number of allylic oxidation sites excluding steroid dienone is 1. The minimum absolute atomic E-state index is 0.179. The van der Waals surface area contributed by atoms with E-state index in [1.165, 1.54) is 42.4 Å². The molecule has 0 atom stereocenters. The molecule has 28 heavy (non-hydrogen) atoms. The highest BCUT2D eigenvalue weighted by Gasteiger charge is 2.18. The van der Waals surface area contributed by atoms with E-state index in [1.54, 1.807) is 0 Å². The van der Waals surface area contributed by atoms with E-state index in [0.29, 0.717) is 19.6 Å². The zero-order chi connectivity index (χ0) is 19.5. The molecule has 1 heterocycles. The molecule has 0 aliphatic heterocycles. The monoisotopic (exact) mass is 376 g/mol. The van der Waals surface area contributed by atoms with Crippen LogP contribution in [0.1, 0.15) is 54.7 Å². The third-order valence-corrected chi connectivity index (χ3v) is 5.76. The molecule has 1 saturated carbocycles. The van der Waals surface area contributed by atoms with E-state index < -0.39 is 0 Å². The molecule has 1 aliphatic rings. The van der Waals surface area contributed by atoms with Crippen molar-refractivity contribution in [3.8, 4) is 5.75 Å². The van der Waals surface area contributed by atoms with E-state index in [4.69, 9.17) is 4.74 Å². The van der Waals surface area contributed by atoms with Gasteiger partial charge in [-0.3, -0.25) is 4.68 Å². The summed E-state index contributed by atoms with van der Waals surface area (Å²) in [5.74, 6) is 1.77. The third kappa shape index (κ3) is 4.06. The molecule has 0 amide bonds. The smallest absolute Gasteiger partial charge is 0.120 e. The van der Waals surface area contributed by atoms with Gasteiger partial charge in [0.1, 0.15) is 12.4 Å². The number of benzene rings is 2. The topological polar surface area (TPSA) is 47.3 Å². The first-order valence-corrected chi connectivity index (χ1v) is 10.1. The van der Waals surface area contributed by atoms with E-state index >= 15 is 0 Å². The van der Waals surface area contributed by atoms with Crippen molar-refractivity contribution >= 4 is 10.9 Å². The van der Waals surface area contributed by atoms with Crippen molar-refractivity contribution in [2.45, 2.75) is 58.1 Å². The number of rotatable bonds is 7. The molecule has 0 unspecified atom stereocenters. The lowest BCUT2D eigenvalue weighted by Gasteiger charge is -2.15. The number of fused-ring (bicyclic) bond motifs is 1. The van der Waals surface area contributed by atoms with Crippen molar-refractivity contribution in [3.63, 3.8) is 0 Å². The van der Waals surface area contributed by atoms with E-state index in [2.05, 4.69) is 36.8 Å². The fourth-order valence-electron chi connectivity index (χ4n) is 4.26. The summed E-state index contributed by atoms with van der Waals surface area (Å²) in [7, 11) is 0. The normalized spacial score (nSPS) is 14.6. The van der Waals surface area contributed by atoms with Crippen LogP contribution in [0, 0.1) is 6.92 Å². The van der Waals surface area contributed by atoms with Crippen molar-refractivity contribution in [2.24, 2.45) is 0 Å². The first-order chi connectivity index (χ1) is 13.6. The van der Waals surface area contributed by atoms with Gasteiger partial charge in [-0.15, -0.1) is 0 Å². The van der Waals surface area contributed by atoms with Crippen LogP contribution < -0.4 is 4.74 Å². The first-order valence-electron chi connectivity index (χ1n) is 10.1. The average Bonchev–Trinajstić information content (AvgIpc) is 3.34. The minimum Gasteiger partial charge on any atom is -0.513 e. The molecule has 0 saturated heterocycles. The number of hydrogen-bond acceptors (Lipinski definition) is 3. The van der Waals surface area contributed by atoms with E-state index in [0.717, 1.165) is 22.6 Å². The van der Waals surface area contributed by atoms with Crippen molar-refractivity contribution in [1.82, 2.24) is 9.78 Å². The van der Waals surface area contributed by atoms with E-state index in [-0.39, 0.29) is 5.76 Å². The highest BCUT2D eigenvalue weighted by Crippen LogP contribution is 2.36. The van der Waals surface area contributed by atoms with Gasteiger partial charge in [-0.1, -0.05) is 37.6 Å². The number of hydrogen-bond donors (Lipinski definition) is 1. The van der Waals surface area contributed by atoms with Crippen LogP contribution in [0.4, 0.5) is 0 Å². The molecule has 1 aromatic heterocycles. The van der Waals surface area contributed by atoms with Crippen LogP contribution in [0.5, 0.6) is 5.75 Å². The Hall–Kier alpha value is -2.75. The van der Waals surface area contributed by atoms with Crippen LogP contribution in [0.15, 0.2) is 54.9 Å². The van der Waals surface area contributed by atoms with Crippen LogP contribution in [0.25, 0.3) is 10.9 Å². The molecule has 4 heteroatoms. The third-order valence-electron chi connectivity index (χ3n) is 5.76. The molecule has 1 fully saturated rings. The zero-order valence-electron chi connectivity index (χ0n) is 16.5. The van der Waals surface area contributed by atoms with Crippen molar-refractivity contribution in [1.29, 1.82) is 0 Å². The first kappa shape index (κ1) is 18.6. The Morgan fingerprint density at radius 2 is 2.04 bits per heavy atom. The second kappa shape index (κ2) is 8.09. The maximum absolute atomic E-state index is 9.29. The van der Waals surface area contributed by atoms with Gasteiger partial charge in [0.15, 0.2) is 0 Å². The predicted octanol–water partition coefficient (Wildman–Crippen LogP) is 6.04. The fourth-order valence-corrected chi connectivity index (χ4v) is 4.26. The van der Waals surface area contributed by atoms with Crippen LogP contribution in [-0.2, 0) is 13.2 Å². The SMILES string of the molecule is C=C(O)CCn1ncc2cc(OCc3ccc(C4CCCC4)c(C)c3)ccc21. The lowest BCUT2D eigenvalue weighted by molar-refractivity contribution is 0.306. The zero-order valence-corrected chi connectivity index (χ0v) is 16.5. The van der Waals surface area contributed by atoms with Gasteiger partial charge in [0.05, 0.1) is 17.5 Å². The van der Waals surface area contributed by atoms with Crippen molar-refractivity contribution in [3.05, 3.63) is 71.6 Å². The summed E-state index contributed by atoms with van der Waals surface area (Å²) in [6.07, 6.45) is 7.73. The number of aromatic nitrogens is 2. The fraction of sp³-hybridized carbons (Fsp3) is 0.375. The van der Waals surface area contributed by atoms with Crippen LogP contribution >= 0.6 is 0 Å². The van der Waals surface area contributed by atoms with Gasteiger partial charge in [-0.25, -0.2) is 0 Å². The van der Waals surface area contributed by atoms with Crippen molar-refractivity contribution in [2.75, 3.05) is 0 Å². The standard InChI is InChI=1S/C24H28N2O2/c1-17-13-19(7-9-23(17)20-5-3-4-6-20)16-28-22-8-10-24-21(14-22)15-25-26(24)12-11-18(2)27/h7-10,13-15,20,27H,2-6,11-12,16H2,1H3. The lowest BCUT2D eigenvalue weighted by Crippen LogP contribution is -2.01. The largest absolute Gasteiger partial charge is 0.513 e. The summed E-state index contributed by atoms with van der Waals surface area (Å²) in [5, 5.41) is 14.7. The Morgan fingerprint density at radius 1 is 1.21 bits per heavy atom. The Bertz CT molecular complexity index is 983. The minimum atomic E-state index is 0.179. The van der Waals surface area contributed by atoms with Gasteiger partial charge in [-0.05, 0) is 60.6 Å². The van der Waals surface area contributed by atoms with E-state index in [9.17, 15) is 5.11 Å². The molecular formula is C24H28N2O2. The molecule has 4 rings (SSSR count). The Kier molecular flexibility index (Phi) is 5.38. The molecule has 146 valence electrons. The summed E-state index contributed by atoms with van der Waals surface area (Å²) in [6.45, 7) is 6.93. The maximum Gasteiger partial charge on any atom is 0.120 e. The van der Waals surface area contributed by atoms with Gasteiger partial charge < -0.3 is 9.84 Å². The quantitative estimate of drug-likeness (QED) is 0.511. The van der Waals surface area contributed by atoms with Gasteiger partial charge in [0.25, 0.3) is 0 Å². The molecule has 4 nitrogen and oxygen atoms in total. The summed E-state index contributed by atoms with van der Waals surface area (Å²) in [4.78, 5) is 0. The molecule has 0 radical (unpaired) electrons. The molecule has 0 spiro atoms. The molecule has 1 N–H and O–H groups in total. The molecule has 0 bridgehead atoms. The summed E-state index contributed by atoms with van der Waals surface area (Å²) in [6, 6.07) is 12.8. The summed E-state index contributed by atoms with van der Waals surface area (Å²) in [5.41, 5.74) is 5.14. The van der Waals surface area contributed by atoms with Gasteiger partial charge in [-0.2, -0.15) is 5.10 Å². The molecule has 2 aromatic carbocycles. The molecule has 1 aliphatic carbocycles.